The summed E-state index contributed by atoms with van der Waals surface area (Å²) in [6, 6.07) is 0.283. The van der Waals surface area contributed by atoms with Crippen molar-refractivity contribution in [3.8, 4) is 0 Å². The van der Waals surface area contributed by atoms with Crippen LogP contribution in [0.15, 0.2) is 23.8 Å². The lowest BCUT2D eigenvalue weighted by Gasteiger charge is -2.58. The predicted octanol–water partition coefficient (Wildman–Crippen LogP) is 4.96. The first-order valence-electron chi connectivity index (χ1n) is 11.4. The molecule has 0 bridgehead atoms. The zero-order valence-corrected chi connectivity index (χ0v) is 18.6. The van der Waals surface area contributed by atoms with Gasteiger partial charge in [0.2, 0.25) is 5.91 Å². The molecule has 0 aromatic heterocycles. The van der Waals surface area contributed by atoms with E-state index >= 15 is 0 Å². The molecule has 0 aliphatic heterocycles. The monoisotopic (exact) mass is 399 g/mol. The molecule has 7 atom stereocenters. The van der Waals surface area contributed by atoms with Crippen LogP contribution in [-0.4, -0.2) is 23.0 Å². The highest BCUT2D eigenvalue weighted by Gasteiger charge is 2.59. The van der Waals surface area contributed by atoms with Gasteiger partial charge in [0.25, 0.3) is 0 Å². The van der Waals surface area contributed by atoms with E-state index in [1.54, 1.807) is 0 Å². The van der Waals surface area contributed by atoms with E-state index in [9.17, 15) is 14.7 Å². The van der Waals surface area contributed by atoms with Crippen molar-refractivity contribution in [3.05, 3.63) is 23.8 Å². The number of carboxylic acid groups (broad SMARTS) is 1. The Kier molecular flexibility index (Phi) is 4.79. The average molecular weight is 400 g/mol. The van der Waals surface area contributed by atoms with Gasteiger partial charge in [-0.05, 0) is 73.0 Å². The van der Waals surface area contributed by atoms with Crippen molar-refractivity contribution in [1.29, 1.82) is 0 Å². The van der Waals surface area contributed by atoms with Gasteiger partial charge in [-0.2, -0.15) is 0 Å². The summed E-state index contributed by atoms with van der Waals surface area (Å²) < 4.78 is 0. The summed E-state index contributed by atoms with van der Waals surface area (Å²) in [5.74, 6) is 1.64. The number of carbonyl (C=O) groups is 2. The summed E-state index contributed by atoms with van der Waals surface area (Å²) in [5, 5.41) is 12.8. The van der Waals surface area contributed by atoms with E-state index in [0.717, 1.165) is 19.3 Å². The first-order chi connectivity index (χ1) is 13.5. The normalized spacial score (nSPS) is 43.6. The van der Waals surface area contributed by atoms with Crippen LogP contribution in [0.5, 0.6) is 0 Å². The smallest absolute Gasteiger partial charge is 0.335 e. The summed E-state index contributed by atoms with van der Waals surface area (Å²) in [7, 11) is 0. The Bertz CT molecular complexity index is 775. The second kappa shape index (κ2) is 6.72. The minimum Gasteiger partial charge on any atom is -0.478 e. The molecule has 2 N–H and O–H groups in total. The Balaban J connectivity index is 1.55. The fraction of sp³-hybridized carbons (Fsp3) is 0.760. The predicted molar refractivity (Wildman–Crippen MR) is 114 cm³/mol. The molecule has 29 heavy (non-hydrogen) atoms. The lowest BCUT2D eigenvalue weighted by molar-refractivity contribution is -0.133. The number of carbonyl (C=O) groups excluding carboxylic acids is 1. The van der Waals surface area contributed by atoms with Crippen LogP contribution in [0.3, 0.4) is 0 Å². The van der Waals surface area contributed by atoms with Crippen LogP contribution >= 0.6 is 0 Å². The van der Waals surface area contributed by atoms with E-state index in [2.05, 4.69) is 25.2 Å². The van der Waals surface area contributed by atoms with E-state index < -0.39 is 5.97 Å². The van der Waals surface area contributed by atoms with Gasteiger partial charge in [0.05, 0.1) is 5.57 Å². The molecule has 0 saturated heterocycles. The van der Waals surface area contributed by atoms with Crippen molar-refractivity contribution in [2.24, 2.45) is 39.9 Å². The Morgan fingerprint density at radius 1 is 1.07 bits per heavy atom. The lowest BCUT2D eigenvalue weighted by Crippen LogP contribution is -2.55. The molecule has 0 radical (unpaired) electrons. The first-order valence-corrected chi connectivity index (χ1v) is 11.4. The van der Waals surface area contributed by atoms with E-state index in [1.807, 2.05) is 32.9 Å². The van der Waals surface area contributed by atoms with E-state index in [-0.39, 0.29) is 28.2 Å². The number of hydrogen-bond acceptors (Lipinski definition) is 2. The molecule has 3 saturated carbocycles. The molecule has 0 heterocycles. The van der Waals surface area contributed by atoms with Crippen LogP contribution in [0.2, 0.25) is 0 Å². The minimum atomic E-state index is -0.810. The zero-order valence-electron chi connectivity index (χ0n) is 18.6. The van der Waals surface area contributed by atoms with Gasteiger partial charge in [-0.15, -0.1) is 0 Å². The highest BCUT2D eigenvalue weighted by atomic mass is 16.4. The topological polar surface area (TPSA) is 66.4 Å². The van der Waals surface area contributed by atoms with Crippen LogP contribution < -0.4 is 5.32 Å². The molecule has 4 rings (SSSR count). The number of nitrogens with one attached hydrogen (secondary N) is 1. The lowest BCUT2D eigenvalue weighted by atomic mass is 9.47. The van der Waals surface area contributed by atoms with Gasteiger partial charge < -0.3 is 10.4 Å². The van der Waals surface area contributed by atoms with Crippen LogP contribution in [0.25, 0.3) is 0 Å². The molecule has 4 heteroatoms. The van der Waals surface area contributed by atoms with E-state index in [4.69, 9.17) is 0 Å². The molecule has 0 spiro atoms. The quantitative estimate of drug-likeness (QED) is 0.690. The Morgan fingerprint density at radius 2 is 1.79 bits per heavy atom. The minimum absolute atomic E-state index is 0.0654. The molecule has 160 valence electrons. The molecule has 4 aliphatic carbocycles. The molecule has 1 amide bonds. The first kappa shape index (κ1) is 20.7. The SMILES string of the molecule is CC(C)(C)C(=O)NC1CC[C@H]2[C@@H]3CCC4C=C(C(=O)O)C=C[C@]4(C)[C@@H]3CC[C@]12C. The summed E-state index contributed by atoms with van der Waals surface area (Å²) in [4.78, 5) is 24.1. The number of aliphatic carboxylic acids is 1. The maximum absolute atomic E-state index is 12.7. The summed E-state index contributed by atoms with van der Waals surface area (Å²) in [6.45, 7) is 10.7. The van der Waals surface area contributed by atoms with E-state index in [0.29, 0.717) is 29.2 Å². The van der Waals surface area contributed by atoms with Gasteiger partial charge >= 0.3 is 5.97 Å². The van der Waals surface area contributed by atoms with Gasteiger partial charge in [0, 0.05) is 11.5 Å². The maximum atomic E-state index is 12.7. The third-order valence-electron chi connectivity index (χ3n) is 9.08. The Hall–Kier alpha value is -1.58. The molecular weight excluding hydrogens is 362 g/mol. The third kappa shape index (κ3) is 3.18. The number of hydrogen-bond donors (Lipinski definition) is 2. The fourth-order valence-corrected chi connectivity index (χ4v) is 7.23. The molecule has 0 aromatic carbocycles. The highest BCUT2D eigenvalue weighted by molar-refractivity contribution is 5.90. The molecule has 4 nitrogen and oxygen atoms in total. The highest BCUT2D eigenvalue weighted by Crippen LogP contribution is 2.65. The van der Waals surface area contributed by atoms with Crippen molar-refractivity contribution in [3.63, 3.8) is 0 Å². The van der Waals surface area contributed by atoms with Crippen molar-refractivity contribution in [2.75, 3.05) is 0 Å². The van der Waals surface area contributed by atoms with Crippen LogP contribution in [0.1, 0.15) is 73.1 Å². The third-order valence-corrected chi connectivity index (χ3v) is 9.08. The van der Waals surface area contributed by atoms with Crippen LogP contribution in [-0.2, 0) is 9.59 Å². The number of carboxylic acids is 1. The Labute approximate surface area is 175 Å². The number of amides is 1. The molecule has 2 unspecified atom stereocenters. The van der Waals surface area contributed by atoms with Crippen molar-refractivity contribution in [1.82, 2.24) is 5.32 Å². The number of fused-ring (bicyclic) bond motifs is 5. The number of allylic oxidation sites excluding steroid dienone is 2. The van der Waals surface area contributed by atoms with E-state index in [1.165, 1.54) is 19.3 Å². The molecule has 0 aromatic rings. The fourth-order valence-electron chi connectivity index (χ4n) is 7.23. The Morgan fingerprint density at radius 3 is 2.45 bits per heavy atom. The van der Waals surface area contributed by atoms with Gasteiger partial charge in [0.15, 0.2) is 0 Å². The van der Waals surface area contributed by atoms with Crippen molar-refractivity contribution < 1.29 is 14.7 Å². The summed E-state index contributed by atoms with van der Waals surface area (Å²) >= 11 is 0. The van der Waals surface area contributed by atoms with Gasteiger partial charge in [-0.25, -0.2) is 4.79 Å². The molecule has 4 aliphatic rings. The largest absolute Gasteiger partial charge is 0.478 e. The van der Waals surface area contributed by atoms with Gasteiger partial charge in [0.1, 0.15) is 0 Å². The second-order valence-corrected chi connectivity index (χ2v) is 11.6. The maximum Gasteiger partial charge on any atom is 0.335 e. The number of rotatable bonds is 2. The van der Waals surface area contributed by atoms with Crippen molar-refractivity contribution in [2.45, 2.75) is 79.2 Å². The zero-order chi connectivity index (χ0) is 21.2. The van der Waals surface area contributed by atoms with Crippen LogP contribution in [0.4, 0.5) is 0 Å². The average Bonchev–Trinajstić information content (AvgIpc) is 2.96. The van der Waals surface area contributed by atoms with Crippen molar-refractivity contribution >= 4 is 11.9 Å². The summed E-state index contributed by atoms with van der Waals surface area (Å²) in [6.07, 6.45) is 13.0. The molecular formula is C25H37NO3. The summed E-state index contributed by atoms with van der Waals surface area (Å²) in [5.41, 5.74) is 0.359. The van der Waals surface area contributed by atoms with Crippen LogP contribution in [0, 0.1) is 39.9 Å². The standard InChI is InChI=1S/C25H37NO3/c1-23(2,3)22(29)26-20-9-8-18-17-7-6-16-14-15(21(27)28)10-12-24(16,4)19(17)11-13-25(18,20)5/h10,12,14,16-20H,6-9,11,13H2,1-5H3,(H,26,29)(H,27,28)/t16?,17-,18-,19+,20?,24-,25-/m0/s1. The van der Waals surface area contributed by atoms with Gasteiger partial charge in [-0.1, -0.05) is 52.8 Å². The molecule has 3 fully saturated rings. The second-order valence-electron chi connectivity index (χ2n) is 11.6. The van der Waals surface area contributed by atoms with Gasteiger partial charge in [-0.3, -0.25) is 4.79 Å².